The SMILES string of the molecule is CCCCNC(=O)[C@H](CC)N(Cc1ccccc1C)C(=O)CN(c1ccccc1F)S(=O)(=O)c1ccc(C)cc1. The molecular formula is C31H38FN3O4S. The summed E-state index contributed by atoms with van der Waals surface area (Å²) in [7, 11) is -4.33. The third-order valence-corrected chi connectivity index (χ3v) is 8.60. The zero-order valence-electron chi connectivity index (χ0n) is 23.6. The molecule has 0 saturated heterocycles. The molecule has 9 heteroatoms. The molecule has 2 amide bonds. The van der Waals surface area contributed by atoms with Crippen molar-refractivity contribution in [3.8, 4) is 0 Å². The van der Waals surface area contributed by atoms with Crippen molar-refractivity contribution < 1.29 is 22.4 Å². The van der Waals surface area contributed by atoms with Gasteiger partial charge in [-0.3, -0.25) is 13.9 Å². The minimum atomic E-state index is -4.33. The Labute approximate surface area is 237 Å². The van der Waals surface area contributed by atoms with Crippen molar-refractivity contribution in [3.63, 3.8) is 0 Å². The number of amides is 2. The molecular weight excluding hydrogens is 529 g/mol. The second-order valence-electron chi connectivity index (χ2n) is 9.79. The monoisotopic (exact) mass is 567 g/mol. The van der Waals surface area contributed by atoms with E-state index >= 15 is 4.39 Å². The van der Waals surface area contributed by atoms with Crippen LogP contribution in [0.5, 0.6) is 0 Å². The molecule has 7 nitrogen and oxygen atoms in total. The normalized spacial score (nSPS) is 12.0. The van der Waals surface area contributed by atoms with Gasteiger partial charge in [0.2, 0.25) is 11.8 Å². The summed E-state index contributed by atoms with van der Waals surface area (Å²) in [5, 5.41) is 2.90. The second kappa shape index (κ2) is 14.1. The second-order valence-corrected chi connectivity index (χ2v) is 11.7. The highest BCUT2D eigenvalue weighted by molar-refractivity contribution is 7.92. The van der Waals surface area contributed by atoms with Crippen LogP contribution in [-0.2, 0) is 26.2 Å². The number of benzene rings is 3. The molecule has 1 atom stereocenters. The van der Waals surface area contributed by atoms with Crippen LogP contribution in [0.25, 0.3) is 0 Å². The van der Waals surface area contributed by atoms with Crippen LogP contribution in [0.1, 0.15) is 49.8 Å². The standard InChI is InChI=1S/C31H38FN3O4S/c1-5-7-20-33-31(37)28(6-2)34(21-25-13-9-8-12-24(25)4)30(36)22-35(29-15-11-10-14-27(29)32)40(38,39)26-18-16-23(3)17-19-26/h8-19,28H,5-7,20-22H2,1-4H3,(H,33,37)/t28-/m0/s1. The number of hydrogen-bond donors (Lipinski definition) is 1. The molecule has 0 aliphatic rings. The van der Waals surface area contributed by atoms with Crippen molar-refractivity contribution in [2.45, 2.75) is 64.4 Å². The number of nitrogens with zero attached hydrogens (tertiary/aromatic N) is 2. The van der Waals surface area contributed by atoms with Crippen LogP contribution >= 0.6 is 0 Å². The highest BCUT2D eigenvalue weighted by Crippen LogP contribution is 2.27. The van der Waals surface area contributed by atoms with Gasteiger partial charge in [0.05, 0.1) is 10.6 Å². The minimum absolute atomic E-state index is 0.0658. The number of anilines is 1. The zero-order valence-corrected chi connectivity index (χ0v) is 24.4. The van der Waals surface area contributed by atoms with E-state index in [-0.39, 0.29) is 23.0 Å². The van der Waals surface area contributed by atoms with Gasteiger partial charge in [0.15, 0.2) is 0 Å². The minimum Gasteiger partial charge on any atom is -0.354 e. The third-order valence-electron chi connectivity index (χ3n) is 6.83. The zero-order chi connectivity index (χ0) is 29.3. The van der Waals surface area contributed by atoms with Crippen LogP contribution in [-0.4, -0.2) is 44.3 Å². The van der Waals surface area contributed by atoms with Gasteiger partial charge in [0.25, 0.3) is 10.0 Å². The van der Waals surface area contributed by atoms with Crippen LogP contribution in [0.4, 0.5) is 10.1 Å². The Morgan fingerprint density at radius 1 is 0.925 bits per heavy atom. The number of carbonyl (C=O) groups excluding carboxylic acids is 2. The molecule has 214 valence electrons. The Bertz CT molecular complexity index is 1410. The van der Waals surface area contributed by atoms with Crippen molar-refractivity contribution in [2.24, 2.45) is 0 Å². The number of halogens is 1. The fourth-order valence-corrected chi connectivity index (χ4v) is 5.82. The van der Waals surface area contributed by atoms with Crippen molar-refractivity contribution in [3.05, 3.63) is 95.3 Å². The maximum Gasteiger partial charge on any atom is 0.264 e. The molecule has 0 unspecified atom stereocenters. The van der Waals surface area contributed by atoms with E-state index in [0.29, 0.717) is 13.0 Å². The van der Waals surface area contributed by atoms with Crippen molar-refractivity contribution >= 4 is 27.5 Å². The quantitative estimate of drug-likeness (QED) is 0.282. The van der Waals surface area contributed by atoms with E-state index in [2.05, 4.69) is 5.32 Å². The van der Waals surface area contributed by atoms with E-state index in [1.165, 1.54) is 35.2 Å². The van der Waals surface area contributed by atoms with Crippen LogP contribution in [0.15, 0.2) is 77.7 Å². The number of hydrogen-bond acceptors (Lipinski definition) is 4. The van der Waals surface area contributed by atoms with Crippen LogP contribution < -0.4 is 9.62 Å². The first-order chi connectivity index (χ1) is 19.1. The maximum atomic E-state index is 15.0. The summed E-state index contributed by atoms with van der Waals surface area (Å²) in [6, 6.07) is 18.3. The molecule has 3 aromatic carbocycles. The molecule has 0 aromatic heterocycles. The van der Waals surface area contributed by atoms with E-state index in [9.17, 15) is 18.0 Å². The van der Waals surface area contributed by atoms with Gasteiger partial charge < -0.3 is 10.2 Å². The van der Waals surface area contributed by atoms with Gasteiger partial charge in [0, 0.05) is 13.1 Å². The first-order valence-electron chi connectivity index (χ1n) is 13.6. The summed E-state index contributed by atoms with van der Waals surface area (Å²) in [6.07, 6.45) is 2.02. The lowest BCUT2D eigenvalue weighted by Crippen LogP contribution is -2.52. The van der Waals surface area contributed by atoms with Gasteiger partial charge in [-0.2, -0.15) is 0 Å². The highest BCUT2D eigenvalue weighted by atomic mass is 32.2. The van der Waals surface area contributed by atoms with Gasteiger partial charge in [0.1, 0.15) is 18.4 Å². The molecule has 0 spiro atoms. The Morgan fingerprint density at radius 3 is 2.20 bits per heavy atom. The van der Waals surface area contributed by atoms with E-state index in [1.807, 2.05) is 45.0 Å². The van der Waals surface area contributed by atoms with Crippen molar-refractivity contribution in [1.82, 2.24) is 10.2 Å². The third kappa shape index (κ3) is 7.47. The molecule has 0 radical (unpaired) electrons. The topological polar surface area (TPSA) is 86.8 Å². The lowest BCUT2D eigenvalue weighted by atomic mass is 10.1. The number of aryl methyl sites for hydroxylation is 2. The summed E-state index contributed by atoms with van der Waals surface area (Å²) in [4.78, 5) is 28.6. The first kappa shape index (κ1) is 30.8. The Morgan fingerprint density at radius 2 is 1.57 bits per heavy atom. The van der Waals surface area contributed by atoms with Gasteiger partial charge in [-0.05, 0) is 62.1 Å². The van der Waals surface area contributed by atoms with Crippen LogP contribution in [0.2, 0.25) is 0 Å². The number of sulfonamides is 1. The summed E-state index contributed by atoms with van der Waals surface area (Å²) in [6.45, 7) is 7.45. The van der Waals surface area contributed by atoms with Crippen LogP contribution in [0.3, 0.4) is 0 Å². The van der Waals surface area contributed by atoms with Gasteiger partial charge >= 0.3 is 0 Å². The predicted molar refractivity (Wildman–Crippen MR) is 156 cm³/mol. The summed E-state index contributed by atoms with van der Waals surface area (Å²) < 4.78 is 43.5. The van der Waals surface area contributed by atoms with E-state index in [0.717, 1.165) is 39.9 Å². The molecule has 0 bridgehead atoms. The molecule has 0 heterocycles. The van der Waals surface area contributed by atoms with Gasteiger partial charge in [-0.15, -0.1) is 0 Å². The predicted octanol–water partition coefficient (Wildman–Crippen LogP) is 5.36. The molecule has 0 saturated carbocycles. The molecule has 1 N–H and O–H groups in total. The fraction of sp³-hybridized carbons (Fsp3) is 0.355. The molecule has 3 aromatic rings. The molecule has 0 aliphatic heterocycles. The van der Waals surface area contributed by atoms with Crippen LogP contribution in [0, 0.1) is 19.7 Å². The van der Waals surface area contributed by atoms with E-state index < -0.39 is 34.3 Å². The lowest BCUT2D eigenvalue weighted by Gasteiger charge is -2.33. The van der Waals surface area contributed by atoms with E-state index in [1.54, 1.807) is 19.1 Å². The van der Waals surface area contributed by atoms with Crippen molar-refractivity contribution in [1.29, 1.82) is 0 Å². The van der Waals surface area contributed by atoms with E-state index in [4.69, 9.17) is 0 Å². The summed E-state index contributed by atoms with van der Waals surface area (Å²) in [5.74, 6) is -1.70. The molecule has 0 aliphatic carbocycles. The average Bonchev–Trinajstić information content (AvgIpc) is 2.93. The maximum absolute atomic E-state index is 15.0. The first-order valence-corrected chi connectivity index (χ1v) is 15.0. The lowest BCUT2D eigenvalue weighted by molar-refractivity contribution is -0.140. The molecule has 40 heavy (non-hydrogen) atoms. The average molecular weight is 568 g/mol. The number of para-hydroxylation sites is 1. The number of unbranched alkanes of at least 4 members (excludes halogenated alkanes) is 1. The Kier molecular flexibility index (Phi) is 10.8. The number of nitrogens with one attached hydrogen (secondary N) is 1. The Hall–Kier alpha value is -3.72. The molecule has 0 fully saturated rings. The van der Waals surface area contributed by atoms with Gasteiger partial charge in [-0.1, -0.05) is 74.4 Å². The smallest absolute Gasteiger partial charge is 0.264 e. The largest absolute Gasteiger partial charge is 0.354 e. The number of carbonyl (C=O) groups is 2. The van der Waals surface area contributed by atoms with Crippen molar-refractivity contribution in [2.75, 3.05) is 17.4 Å². The summed E-state index contributed by atoms with van der Waals surface area (Å²) in [5.41, 5.74) is 2.37. The summed E-state index contributed by atoms with van der Waals surface area (Å²) >= 11 is 0. The molecule has 3 rings (SSSR count). The highest BCUT2D eigenvalue weighted by Gasteiger charge is 2.34. The fourth-order valence-electron chi connectivity index (χ4n) is 4.40. The Balaban J connectivity index is 2.06. The van der Waals surface area contributed by atoms with Gasteiger partial charge in [-0.25, -0.2) is 12.8 Å². The number of rotatable bonds is 13.